The van der Waals surface area contributed by atoms with Crippen LogP contribution in [-0.4, -0.2) is 21.5 Å². The van der Waals surface area contributed by atoms with Crippen molar-refractivity contribution in [3.63, 3.8) is 0 Å². The lowest BCUT2D eigenvalue weighted by Crippen LogP contribution is -2.15. The van der Waals surface area contributed by atoms with Crippen LogP contribution >= 0.6 is 11.6 Å². The number of halogens is 2. The first-order chi connectivity index (χ1) is 10.3. The van der Waals surface area contributed by atoms with Crippen LogP contribution in [0.15, 0.2) is 47.4 Å². The van der Waals surface area contributed by atoms with Crippen molar-refractivity contribution in [2.24, 2.45) is 0 Å². The van der Waals surface area contributed by atoms with Gasteiger partial charge in [-0.15, -0.1) is 0 Å². The molecule has 1 N–H and O–H groups in total. The molecule has 0 amide bonds. The lowest BCUT2D eigenvalue weighted by Gasteiger charge is -2.10. The van der Waals surface area contributed by atoms with Crippen LogP contribution in [0.3, 0.4) is 0 Å². The number of hydrogen-bond donors (Lipinski definition) is 1. The Bertz CT molecular complexity index is 823. The minimum atomic E-state index is -4.09. The van der Waals surface area contributed by atoms with Crippen molar-refractivity contribution in [3.05, 3.63) is 58.9 Å². The highest BCUT2D eigenvalue weighted by atomic mass is 35.5. The number of carbonyl (C=O) groups is 1. The van der Waals surface area contributed by atoms with Crippen LogP contribution in [0.1, 0.15) is 10.4 Å². The fraction of sp³-hybridized carbons (Fsp3) is 0.0714. The number of methoxy groups -OCH3 is 1. The number of para-hydroxylation sites is 1. The van der Waals surface area contributed by atoms with Crippen molar-refractivity contribution in [3.8, 4) is 0 Å². The first kappa shape index (κ1) is 16.3. The average Bonchev–Trinajstić information content (AvgIpc) is 2.48. The van der Waals surface area contributed by atoms with Crippen LogP contribution in [-0.2, 0) is 14.8 Å². The maximum Gasteiger partial charge on any atom is 0.337 e. The zero-order chi connectivity index (χ0) is 16.3. The van der Waals surface area contributed by atoms with Gasteiger partial charge in [0.25, 0.3) is 10.0 Å². The summed E-state index contributed by atoms with van der Waals surface area (Å²) in [5.74, 6) is -1.36. The van der Waals surface area contributed by atoms with Gasteiger partial charge in [0.15, 0.2) is 0 Å². The van der Waals surface area contributed by atoms with Crippen molar-refractivity contribution in [1.82, 2.24) is 0 Å². The number of benzene rings is 2. The minimum absolute atomic E-state index is 0.109. The third-order valence-electron chi connectivity index (χ3n) is 2.76. The maximum atomic E-state index is 13.5. The molecule has 0 atom stereocenters. The van der Waals surface area contributed by atoms with Crippen molar-refractivity contribution in [1.29, 1.82) is 0 Å². The molecule has 2 rings (SSSR count). The van der Waals surface area contributed by atoms with E-state index in [-0.39, 0.29) is 21.2 Å². The van der Waals surface area contributed by atoms with Crippen LogP contribution in [0.25, 0.3) is 0 Å². The Morgan fingerprint density at radius 2 is 1.91 bits per heavy atom. The predicted molar refractivity (Wildman–Crippen MR) is 80.0 cm³/mol. The van der Waals surface area contributed by atoms with Gasteiger partial charge in [-0.1, -0.05) is 23.7 Å². The Morgan fingerprint density at radius 3 is 2.50 bits per heavy atom. The van der Waals surface area contributed by atoms with E-state index in [4.69, 9.17) is 11.6 Å². The highest BCUT2D eigenvalue weighted by Gasteiger charge is 2.21. The van der Waals surface area contributed by atoms with Crippen LogP contribution in [0.4, 0.5) is 10.1 Å². The fourth-order valence-corrected chi connectivity index (χ4v) is 3.32. The van der Waals surface area contributed by atoms with Crippen molar-refractivity contribution < 1.29 is 22.3 Å². The number of rotatable bonds is 4. The predicted octanol–water partition coefficient (Wildman–Crippen LogP) is 3.07. The number of nitrogens with one attached hydrogen (secondary N) is 1. The Balaban J connectivity index is 2.38. The molecular formula is C14H11ClFNO4S. The zero-order valence-electron chi connectivity index (χ0n) is 11.3. The molecule has 0 spiro atoms. The van der Waals surface area contributed by atoms with Crippen LogP contribution in [0, 0.1) is 5.82 Å². The van der Waals surface area contributed by atoms with Gasteiger partial charge < -0.3 is 4.74 Å². The van der Waals surface area contributed by atoms with Crippen molar-refractivity contribution >= 4 is 33.3 Å². The zero-order valence-corrected chi connectivity index (χ0v) is 12.9. The summed E-state index contributed by atoms with van der Waals surface area (Å²) < 4.78 is 44.6. The Kier molecular flexibility index (Phi) is 4.68. The molecule has 0 aliphatic heterocycles. The summed E-state index contributed by atoms with van der Waals surface area (Å²) in [6.07, 6.45) is 0. The fourth-order valence-electron chi connectivity index (χ4n) is 1.71. The molecule has 8 heteroatoms. The van der Waals surface area contributed by atoms with Gasteiger partial charge in [-0.3, -0.25) is 4.72 Å². The van der Waals surface area contributed by atoms with Crippen LogP contribution in [0.2, 0.25) is 5.02 Å². The topological polar surface area (TPSA) is 72.5 Å². The first-order valence-electron chi connectivity index (χ1n) is 6.00. The quantitative estimate of drug-likeness (QED) is 0.866. The molecular weight excluding hydrogens is 333 g/mol. The lowest BCUT2D eigenvalue weighted by atomic mass is 10.2. The molecule has 0 fully saturated rings. The average molecular weight is 344 g/mol. The standard InChI is InChI=1S/C14H11ClFNO4S/c1-21-14(18)9-6-7-13(10(15)8-9)22(19,20)17-12-5-3-2-4-11(12)16/h2-8,17H,1H3. The van der Waals surface area contributed by atoms with Gasteiger partial charge in [0.1, 0.15) is 10.7 Å². The van der Waals surface area contributed by atoms with E-state index in [1.54, 1.807) is 0 Å². The first-order valence-corrected chi connectivity index (χ1v) is 7.86. The summed E-state index contributed by atoms with van der Waals surface area (Å²) >= 11 is 5.90. The summed E-state index contributed by atoms with van der Waals surface area (Å²) in [5, 5.41) is -0.174. The van der Waals surface area contributed by atoms with Gasteiger partial charge in [0, 0.05) is 0 Å². The molecule has 0 saturated heterocycles. The Hall–Kier alpha value is -2.12. The molecule has 0 radical (unpaired) electrons. The molecule has 2 aromatic carbocycles. The van der Waals surface area contributed by atoms with Gasteiger partial charge in [0.05, 0.1) is 23.4 Å². The second-order valence-electron chi connectivity index (χ2n) is 4.22. The van der Waals surface area contributed by atoms with E-state index in [1.165, 1.54) is 37.4 Å². The van der Waals surface area contributed by atoms with E-state index in [2.05, 4.69) is 9.46 Å². The van der Waals surface area contributed by atoms with E-state index in [0.29, 0.717) is 0 Å². The number of carbonyl (C=O) groups excluding carboxylic acids is 1. The smallest absolute Gasteiger partial charge is 0.337 e. The molecule has 0 aliphatic carbocycles. The monoisotopic (exact) mass is 343 g/mol. The highest BCUT2D eigenvalue weighted by molar-refractivity contribution is 7.92. The molecule has 5 nitrogen and oxygen atoms in total. The Labute approximate surface area is 131 Å². The summed E-state index contributed by atoms with van der Waals surface area (Å²) in [6, 6.07) is 8.91. The number of anilines is 1. The summed E-state index contributed by atoms with van der Waals surface area (Å²) in [5.41, 5.74) is -0.0899. The van der Waals surface area contributed by atoms with E-state index >= 15 is 0 Å². The summed E-state index contributed by atoms with van der Waals surface area (Å²) in [6.45, 7) is 0. The van der Waals surface area contributed by atoms with E-state index in [9.17, 15) is 17.6 Å². The van der Waals surface area contributed by atoms with Crippen LogP contribution in [0.5, 0.6) is 0 Å². The summed E-state index contributed by atoms with van der Waals surface area (Å²) in [4.78, 5) is 11.1. The molecule has 0 unspecified atom stereocenters. The largest absolute Gasteiger partial charge is 0.465 e. The van der Waals surface area contributed by atoms with E-state index in [1.807, 2.05) is 0 Å². The van der Waals surface area contributed by atoms with Crippen LogP contribution < -0.4 is 4.72 Å². The molecule has 0 heterocycles. The third kappa shape index (κ3) is 3.37. The highest BCUT2D eigenvalue weighted by Crippen LogP contribution is 2.26. The van der Waals surface area contributed by atoms with E-state index < -0.39 is 21.8 Å². The molecule has 0 bridgehead atoms. The lowest BCUT2D eigenvalue weighted by molar-refractivity contribution is 0.0600. The minimum Gasteiger partial charge on any atom is -0.465 e. The van der Waals surface area contributed by atoms with Gasteiger partial charge in [-0.2, -0.15) is 0 Å². The second-order valence-corrected chi connectivity index (χ2v) is 6.28. The molecule has 22 heavy (non-hydrogen) atoms. The second kappa shape index (κ2) is 6.33. The van der Waals surface area contributed by atoms with Crippen molar-refractivity contribution in [2.75, 3.05) is 11.8 Å². The molecule has 2 aromatic rings. The Morgan fingerprint density at radius 1 is 1.23 bits per heavy atom. The molecule has 0 saturated carbocycles. The maximum absolute atomic E-state index is 13.5. The normalized spacial score (nSPS) is 11.0. The van der Waals surface area contributed by atoms with Gasteiger partial charge in [0.2, 0.25) is 0 Å². The SMILES string of the molecule is COC(=O)c1ccc(S(=O)(=O)Nc2ccccc2F)c(Cl)c1. The summed E-state index contributed by atoms with van der Waals surface area (Å²) in [7, 11) is -2.89. The number of hydrogen-bond acceptors (Lipinski definition) is 4. The number of ether oxygens (including phenoxy) is 1. The molecule has 116 valence electrons. The van der Waals surface area contributed by atoms with Crippen molar-refractivity contribution in [2.45, 2.75) is 4.90 Å². The van der Waals surface area contributed by atoms with Gasteiger partial charge >= 0.3 is 5.97 Å². The van der Waals surface area contributed by atoms with E-state index in [0.717, 1.165) is 12.1 Å². The van der Waals surface area contributed by atoms with Gasteiger partial charge in [-0.25, -0.2) is 17.6 Å². The third-order valence-corrected chi connectivity index (χ3v) is 4.61. The number of sulfonamides is 1. The van der Waals surface area contributed by atoms with Gasteiger partial charge in [-0.05, 0) is 30.3 Å². The molecule has 0 aromatic heterocycles. The molecule has 0 aliphatic rings. The number of esters is 1.